The summed E-state index contributed by atoms with van der Waals surface area (Å²) in [5.74, 6) is 0.882. The second kappa shape index (κ2) is 7.56. The molecule has 0 saturated carbocycles. The van der Waals surface area contributed by atoms with Crippen molar-refractivity contribution in [2.75, 3.05) is 46.5 Å². The summed E-state index contributed by atoms with van der Waals surface area (Å²) in [6.07, 6.45) is 0.709. The number of H-pyrrole nitrogens is 1. The number of aliphatic hydroxyl groups is 1. The van der Waals surface area contributed by atoms with Gasteiger partial charge in [0.1, 0.15) is 5.75 Å². The fourth-order valence-electron chi connectivity index (χ4n) is 4.33. The molecule has 2 aromatic rings. The van der Waals surface area contributed by atoms with Crippen LogP contribution in [0.4, 0.5) is 0 Å². The van der Waals surface area contributed by atoms with Gasteiger partial charge in [0.05, 0.1) is 26.4 Å². The molecule has 3 heterocycles. The summed E-state index contributed by atoms with van der Waals surface area (Å²) in [4.78, 5) is 8.30. The molecule has 2 atom stereocenters. The molecule has 2 fully saturated rings. The third kappa shape index (κ3) is 3.47. The van der Waals surface area contributed by atoms with Gasteiger partial charge in [-0.1, -0.05) is 0 Å². The average molecular weight is 359 g/mol. The van der Waals surface area contributed by atoms with Gasteiger partial charge >= 0.3 is 0 Å². The van der Waals surface area contributed by atoms with Crippen LogP contribution in [0.2, 0.25) is 0 Å². The molecular formula is C20H29N3O3. The average Bonchev–Trinajstić information content (AvgIpc) is 2.97. The van der Waals surface area contributed by atoms with Crippen LogP contribution in [0.15, 0.2) is 18.2 Å². The monoisotopic (exact) mass is 359 g/mol. The molecule has 142 valence electrons. The van der Waals surface area contributed by atoms with Crippen LogP contribution in [0.3, 0.4) is 0 Å². The number of fused-ring (bicyclic) bond motifs is 1. The Hall–Kier alpha value is -1.60. The first-order valence-corrected chi connectivity index (χ1v) is 9.53. The van der Waals surface area contributed by atoms with E-state index in [2.05, 4.69) is 33.8 Å². The fraction of sp³-hybridized carbons (Fsp3) is 0.600. The van der Waals surface area contributed by atoms with Crippen molar-refractivity contribution in [3.8, 4) is 5.75 Å². The summed E-state index contributed by atoms with van der Waals surface area (Å²) >= 11 is 0. The highest BCUT2D eigenvalue weighted by Crippen LogP contribution is 2.28. The lowest BCUT2D eigenvalue weighted by atomic mass is 9.99. The number of rotatable bonds is 4. The largest absolute Gasteiger partial charge is 0.497 e. The van der Waals surface area contributed by atoms with E-state index in [1.165, 1.54) is 16.6 Å². The van der Waals surface area contributed by atoms with Crippen LogP contribution in [0.1, 0.15) is 17.7 Å². The number of aromatic nitrogens is 1. The summed E-state index contributed by atoms with van der Waals surface area (Å²) in [5, 5.41) is 11.9. The van der Waals surface area contributed by atoms with Crippen LogP contribution in [0.5, 0.6) is 5.75 Å². The van der Waals surface area contributed by atoms with E-state index >= 15 is 0 Å². The topological polar surface area (TPSA) is 61.0 Å². The number of β-amino-alcohol motifs (C(OH)–C–C–N with tert-alkyl or cyclic N) is 1. The lowest BCUT2D eigenvalue weighted by Crippen LogP contribution is -2.56. The summed E-state index contributed by atoms with van der Waals surface area (Å²) < 4.78 is 10.8. The van der Waals surface area contributed by atoms with Crippen molar-refractivity contribution < 1.29 is 14.6 Å². The normalized spacial score (nSPS) is 25.7. The molecule has 6 nitrogen and oxygen atoms in total. The number of nitrogens with one attached hydrogen (secondary N) is 1. The number of aryl methyl sites for hydroxylation is 1. The van der Waals surface area contributed by atoms with Crippen molar-refractivity contribution in [3.63, 3.8) is 0 Å². The minimum absolute atomic E-state index is 0.267. The highest BCUT2D eigenvalue weighted by Gasteiger charge is 2.33. The van der Waals surface area contributed by atoms with Crippen LogP contribution in [0, 0.1) is 6.92 Å². The maximum absolute atomic E-state index is 10.7. The van der Waals surface area contributed by atoms with Crippen molar-refractivity contribution in [1.29, 1.82) is 0 Å². The molecule has 0 amide bonds. The van der Waals surface area contributed by atoms with Crippen molar-refractivity contribution in [3.05, 3.63) is 29.5 Å². The number of ether oxygens (including phenoxy) is 2. The van der Waals surface area contributed by atoms with Crippen LogP contribution < -0.4 is 4.74 Å². The Morgan fingerprint density at radius 1 is 1.27 bits per heavy atom. The molecular weight excluding hydrogens is 330 g/mol. The molecule has 4 rings (SSSR count). The molecule has 0 aliphatic carbocycles. The zero-order valence-corrected chi connectivity index (χ0v) is 15.7. The summed E-state index contributed by atoms with van der Waals surface area (Å²) in [6.45, 7) is 8.17. The standard InChI is InChI=1S/C20H29N3O3/c1-14-16-11-15(25-2)3-4-17(16)21-18(14)12-22-6-5-19(20(24)13-22)23-7-9-26-10-8-23/h3-4,11,19-21,24H,5-10,12-13H2,1-2H3/t19-,20-/m1/s1. The fourth-order valence-corrected chi connectivity index (χ4v) is 4.33. The maximum atomic E-state index is 10.7. The Morgan fingerprint density at radius 3 is 2.81 bits per heavy atom. The Kier molecular flexibility index (Phi) is 5.18. The van der Waals surface area contributed by atoms with Crippen molar-refractivity contribution in [1.82, 2.24) is 14.8 Å². The number of likely N-dealkylation sites (tertiary alicyclic amines) is 1. The molecule has 0 spiro atoms. The number of benzene rings is 1. The van der Waals surface area contributed by atoms with Gasteiger partial charge in [-0.3, -0.25) is 9.80 Å². The molecule has 26 heavy (non-hydrogen) atoms. The van der Waals surface area contributed by atoms with E-state index in [9.17, 15) is 5.11 Å². The molecule has 2 N–H and O–H groups in total. The van der Waals surface area contributed by atoms with Crippen LogP contribution in [0.25, 0.3) is 10.9 Å². The first kappa shape index (κ1) is 17.8. The van der Waals surface area contributed by atoms with E-state index in [1.807, 2.05) is 6.07 Å². The Bertz CT molecular complexity index is 754. The third-order valence-corrected chi connectivity index (χ3v) is 5.90. The number of hydrogen-bond acceptors (Lipinski definition) is 5. The van der Waals surface area contributed by atoms with Gasteiger partial charge in [0, 0.05) is 55.4 Å². The van der Waals surface area contributed by atoms with E-state index in [0.29, 0.717) is 0 Å². The SMILES string of the molecule is COc1ccc2[nH]c(CN3CC[C@@H](N4CCOCC4)[C@H](O)C3)c(C)c2c1. The molecule has 2 aliphatic rings. The van der Waals surface area contributed by atoms with Gasteiger partial charge in [-0.05, 0) is 37.1 Å². The minimum atomic E-state index is -0.299. The Labute approximate surface area is 154 Å². The number of morpholine rings is 1. The van der Waals surface area contributed by atoms with Gasteiger partial charge in [0.15, 0.2) is 0 Å². The second-order valence-corrected chi connectivity index (χ2v) is 7.45. The predicted octanol–water partition coefficient (Wildman–Crippen LogP) is 1.75. The first-order chi connectivity index (χ1) is 12.7. The highest BCUT2D eigenvalue weighted by molar-refractivity contribution is 5.85. The number of aromatic amines is 1. The lowest BCUT2D eigenvalue weighted by Gasteiger charge is -2.43. The van der Waals surface area contributed by atoms with Gasteiger partial charge in [-0.2, -0.15) is 0 Å². The number of hydrogen-bond donors (Lipinski definition) is 2. The highest BCUT2D eigenvalue weighted by atomic mass is 16.5. The third-order valence-electron chi connectivity index (χ3n) is 5.90. The van der Waals surface area contributed by atoms with Gasteiger partial charge in [-0.25, -0.2) is 0 Å². The number of nitrogens with zero attached hydrogens (tertiary/aromatic N) is 2. The van der Waals surface area contributed by atoms with Gasteiger partial charge < -0.3 is 19.6 Å². The zero-order chi connectivity index (χ0) is 18.1. The summed E-state index contributed by atoms with van der Waals surface area (Å²) in [5.41, 5.74) is 3.64. The van der Waals surface area contributed by atoms with E-state index in [1.54, 1.807) is 7.11 Å². The van der Waals surface area contributed by atoms with E-state index < -0.39 is 0 Å². The number of aliphatic hydroxyl groups excluding tert-OH is 1. The van der Waals surface area contributed by atoms with Gasteiger partial charge in [-0.15, -0.1) is 0 Å². The molecule has 0 radical (unpaired) electrons. The Balaban J connectivity index is 1.43. The molecule has 1 aromatic carbocycles. The van der Waals surface area contributed by atoms with E-state index in [4.69, 9.17) is 9.47 Å². The van der Waals surface area contributed by atoms with Crippen molar-refractivity contribution in [2.24, 2.45) is 0 Å². The van der Waals surface area contributed by atoms with Crippen molar-refractivity contribution >= 4 is 10.9 Å². The first-order valence-electron chi connectivity index (χ1n) is 9.53. The lowest BCUT2D eigenvalue weighted by molar-refractivity contribution is -0.0535. The Morgan fingerprint density at radius 2 is 2.08 bits per heavy atom. The molecule has 0 unspecified atom stereocenters. The van der Waals surface area contributed by atoms with Crippen LogP contribution in [-0.2, 0) is 11.3 Å². The quantitative estimate of drug-likeness (QED) is 0.871. The predicted molar refractivity (Wildman–Crippen MR) is 102 cm³/mol. The zero-order valence-electron chi connectivity index (χ0n) is 15.7. The minimum Gasteiger partial charge on any atom is -0.497 e. The van der Waals surface area contributed by atoms with Crippen LogP contribution in [-0.4, -0.2) is 78.5 Å². The molecule has 1 aromatic heterocycles. The second-order valence-electron chi connectivity index (χ2n) is 7.45. The molecule has 2 aliphatic heterocycles. The van der Waals surface area contributed by atoms with Crippen LogP contribution >= 0.6 is 0 Å². The summed E-state index contributed by atoms with van der Waals surface area (Å²) in [6, 6.07) is 6.41. The number of methoxy groups -OCH3 is 1. The maximum Gasteiger partial charge on any atom is 0.119 e. The summed E-state index contributed by atoms with van der Waals surface area (Å²) in [7, 11) is 1.70. The van der Waals surface area contributed by atoms with E-state index in [0.717, 1.165) is 63.6 Å². The molecule has 0 bridgehead atoms. The molecule has 2 saturated heterocycles. The number of piperidine rings is 1. The smallest absolute Gasteiger partial charge is 0.119 e. The van der Waals surface area contributed by atoms with Gasteiger partial charge in [0.25, 0.3) is 0 Å². The van der Waals surface area contributed by atoms with Crippen molar-refractivity contribution in [2.45, 2.75) is 32.0 Å². The van der Waals surface area contributed by atoms with E-state index in [-0.39, 0.29) is 12.1 Å². The van der Waals surface area contributed by atoms with Gasteiger partial charge in [0.2, 0.25) is 0 Å². The molecule has 6 heteroatoms.